The Morgan fingerprint density at radius 3 is 2.59 bits per heavy atom. The van der Waals surface area contributed by atoms with Crippen LogP contribution in [0.25, 0.3) is 11.3 Å². The molecule has 0 bridgehead atoms. The van der Waals surface area contributed by atoms with Gasteiger partial charge in [-0.3, -0.25) is 4.79 Å². The lowest BCUT2D eigenvalue weighted by molar-refractivity contribution is 0.0944. The van der Waals surface area contributed by atoms with Crippen molar-refractivity contribution in [1.29, 1.82) is 0 Å². The third kappa shape index (κ3) is 2.58. The predicted octanol–water partition coefficient (Wildman–Crippen LogP) is 4.60. The van der Waals surface area contributed by atoms with Gasteiger partial charge in [-0.2, -0.15) is 5.10 Å². The molecule has 3 aromatic rings. The molecule has 2 heterocycles. The third-order valence-electron chi connectivity index (χ3n) is 3.04. The van der Waals surface area contributed by atoms with E-state index in [1.807, 2.05) is 0 Å². The van der Waals surface area contributed by atoms with Crippen molar-refractivity contribution in [3.63, 3.8) is 0 Å². The zero-order valence-corrected chi connectivity index (χ0v) is 14.3. The zero-order valence-electron chi connectivity index (χ0n) is 11.2. The summed E-state index contributed by atoms with van der Waals surface area (Å²) < 4.78 is 7.05. The van der Waals surface area contributed by atoms with Crippen LogP contribution in [0.1, 0.15) is 16.1 Å². The summed E-state index contributed by atoms with van der Waals surface area (Å²) in [6.45, 7) is 1.65. The van der Waals surface area contributed by atoms with Crippen molar-refractivity contribution in [2.75, 3.05) is 0 Å². The minimum atomic E-state index is -0.379. The van der Waals surface area contributed by atoms with Gasteiger partial charge < -0.3 is 4.52 Å². The maximum Gasteiger partial charge on any atom is 0.284 e. The van der Waals surface area contributed by atoms with Gasteiger partial charge in [0.25, 0.3) is 5.91 Å². The maximum absolute atomic E-state index is 12.7. The number of aryl methyl sites for hydroxylation is 1. The van der Waals surface area contributed by atoms with E-state index < -0.39 is 0 Å². The Balaban J connectivity index is 2.18. The van der Waals surface area contributed by atoms with E-state index in [0.717, 1.165) is 0 Å². The van der Waals surface area contributed by atoms with Crippen molar-refractivity contribution in [3.8, 4) is 11.3 Å². The fraction of sp³-hybridized carbons (Fsp3) is 0.0714. The highest BCUT2D eigenvalue weighted by Gasteiger charge is 2.26. The average Bonchev–Trinajstić information content (AvgIpc) is 3.05. The quantitative estimate of drug-likeness (QED) is 0.630. The summed E-state index contributed by atoms with van der Waals surface area (Å²) in [7, 11) is 0. The van der Waals surface area contributed by atoms with Crippen LogP contribution >= 0.6 is 39.1 Å². The fourth-order valence-electron chi connectivity index (χ4n) is 2.05. The lowest BCUT2D eigenvalue weighted by Crippen LogP contribution is -2.14. The van der Waals surface area contributed by atoms with Crippen molar-refractivity contribution in [2.45, 2.75) is 6.92 Å². The maximum atomic E-state index is 12.7. The summed E-state index contributed by atoms with van der Waals surface area (Å²) in [6.07, 6.45) is 3.07. The van der Waals surface area contributed by atoms with Crippen LogP contribution in [-0.4, -0.2) is 20.8 Å². The SMILES string of the molecule is Cc1onc(-c2c(Cl)cccc2Cl)c1C(=O)n1cc(Br)cn1. The van der Waals surface area contributed by atoms with Gasteiger partial charge >= 0.3 is 0 Å². The summed E-state index contributed by atoms with van der Waals surface area (Å²) in [4.78, 5) is 12.7. The number of hydrogen-bond acceptors (Lipinski definition) is 4. The first-order chi connectivity index (χ1) is 10.5. The van der Waals surface area contributed by atoms with Crippen LogP contribution in [-0.2, 0) is 0 Å². The van der Waals surface area contributed by atoms with Crippen molar-refractivity contribution in [2.24, 2.45) is 0 Å². The van der Waals surface area contributed by atoms with Gasteiger partial charge in [0.05, 0.1) is 20.7 Å². The van der Waals surface area contributed by atoms with E-state index in [1.165, 1.54) is 10.9 Å². The molecule has 0 spiro atoms. The predicted molar refractivity (Wildman–Crippen MR) is 86.4 cm³/mol. The number of benzene rings is 1. The van der Waals surface area contributed by atoms with Crippen LogP contribution in [0, 0.1) is 6.92 Å². The molecule has 3 rings (SSSR count). The molecule has 8 heteroatoms. The number of halogens is 3. The van der Waals surface area contributed by atoms with Crippen molar-refractivity contribution in [1.82, 2.24) is 14.9 Å². The van der Waals surface area contributed by atoms with Crippen molar-refractivity contribution in [3.05, 3.63) is 56.4 Å². The first kappa shape index (κ1) is 15.3. The first-order valence-corrected chi connectivity index (χ1v) is 7.69. The minimum absolute atomic E-state index is 0.269. The molecule has 0 unspecified atom stereocenters. The Morgan fingerprint density at radius 1 is 1.32 bits per heavy atom. The lowest BCUT2D eigenvalue weighted by atomic mass is 10.1. The highest BCUT2D eigenvalue weighted by Crippen LogP contribution is 2.36. The molecular weight excluding hydrogens is 393 g/mol. The molecule has 0 saturated carbocycles. The van der Waals surface area contributed by atoms with Crippen LogP contribution in [0.3, 0.4) is 0 Å². The molecule has 0 aliphatic carbocycles. The number of rotatable bonds is 2. The van der Waals surface area contributed by atoms with Gasteiger partial charge in [-0.1, -0.05) is 34.4 Å². The molecule has 0 atom stereocenters. The number of nitrogens with zero attached hydrogens (tertiary/aromatic N) is 3. The molecule has 1 aromatic carbocycles. The normalized spacial score (nSPS) is 10.9. The van der Waals surface area contributed by atoms with Crippen molar-refractivity contribution < 1.29 is 9.32 Å². The Bertz CT molecular complexity index is 853. The molecular formula is C14H8BrCl2N3O2. The van der Waals surface area contributed by atoms with Crippen LogP contribution < -0.4 is 0 Å². The average molecular weight is 401 g/mol. The molecule has 0 fully saturated rings. The zero-order chi connectivity index (χ0) is 15.9. The summed E-state index contributed by atoms with van der Waals surface area (Å²) in [5.41, 5.74) is 1.02. The molecule has 2 aromatic heterocycles. The molecule has 0 amide bonds. The molecule has 5 nitrogen and oxygen atoms in total. The van der Waals surface area contributed by atoms with E-state index in [2.05, 4.69) is 26.2 Å². The largest absolute Gasteiger partial charge is 0.360 e. The fourth-order valence-corrected chi connectivity index (χ4v) is 2.91. The van der Waals surface area contributed by atoms with Crippen LogP contribution in [0.5, 0.6) is 0 Å². The van der Waals surface area contributed by atoms with E-state index in [1.54, 1.807) is 31.3 Å². The molecule has 22 heavy (non-hydrogen) atoms. The van der Waals surface area contributed by atoms with E-state index >= 15 is 0 Å². The van der Waals surface area contributed by atoms with Crippen LogP contribution in [0.4, 0.5) is 0 Å². The third-order valence-corrected chi connectivity index (χ3v) is 4.07. The summed E-state index contributed by atoms with van der Waals surface area (Å²) in [5.74, 6) is -0.0157. The van der Waals surface area contributed by atoms with Gasteiger partial charge in [-0.05, 0) is 35.0 Å². The first-order valence-electron chi connectivity index (χ1n) is 6.14. The van der Waals surface area contributed by atoms with Crippen LogP contribution in [0.2, 0.25) is 10.0 Å². The Morgan fingerprint density at radius 2 is 2.00 bits per heavy atom. The molecule has 0 aliphatic heterocycles. The van der Waals surface area contributed by atoms with E-state index in [-0.39, 0.29) is 11.5 Å². The summed E-state index contributed by atoms with van der Waals surface area (Å²) >= 11 is 15.6. The second-order valence-corrected chi connectivity index (χ2v) is 6.20. The van der Waals surface area contributed by atoms with Crippen LogP contribution in [0.15, 0.2) is 39.6 Å². The smallest absolute Gasteiger partial charge is 0.284 e. The summed E-state index contributed by atoms with van der Waals surface area (Å²) in [5, 5.41) is 8.69. The Labute approximate surface area is 143 Å². The van der Waals surface area contributed by atoms with Crippen molar-refractivity contribution >= 4 is 45.0 Å². The second kappa shape index (κ2) is 5.87. The Kier molecular flexibility index (Phi) is 4.08. The van der Waals surface area contributed by atoms with Gasteiger partial charge in [0, 0.05) is 11.8 Å². The number of carbonyl (C=O) groups is 1. The lowest BCUT2D eigenvalue weighted by Gasteiger charge is -2.06. The van der Waals surface area contributed by atoms with Gasteiger partial charge in [-0.15, -0.1) is 0 Å². The Hall–Kier alpha value is -1.63. The van der Waals surface area contributed by atoms with E-state index in [9.17, 15) is 4.79 Å². The van der Waals surface area contributed by atoms with Gasteiger partial charge in [0.1, 0.15) is 17.0 Å². The number of aromatic nitrogens is 3. The molecule has 0 saturated heterocycles. The highest BCUT2D eigenvalue weighted by atomic mass is 79.9. The number of hydrogen-bond donors (Lipinski definition) is 0. The topological polar surface area (TPSA) is 60.9 Å². The van der Waals surface area contributed by atoms with E-state index in [0.29, 0.717) is 31.5 Å². The molecule has 0 radical (unpaired) electrons. The minimum Gasteiger partial charge on any atom is -0.360 e. The monoisotopic (exact) mass is 399 g/mol. The summed E-state index contributed by atoms with van der Waals surface area (Å²) in [6, 6.07) is 5.06. The van der Waals surface area contributed by atoms with Gasteiger partial charge in [-0.25, -0.2) is 4.68 Å². The number of carbonyl (C=O) groups excluding carboxylic acids is 1. The molecule has 0 N–H and O–H groups in total. The molecule has 0 aliphatic rings. The molecule has 112 valence electrons. The van der Waals surface area contributed by atoms with Gasteiger partial charge in [0.15, 0.2) is 0 Å². The highest BCUT2D eigenvalue weighted by molar-refractivity contribution is 9.10. The van der Waals surface area contributed by atoms with E-state index in [4.69, 9.17) is 27.7 Å². The standard InChI is InChI=1S/C14H8BrCl2N3O2/c1-7-11(14(21)20-6-8(15)5-18-20)13(19-22-7)12-9(16)3-2-4-10(12)17/h2-6H,1H3. The van der Waals surface area contributed by atoms with Gasteiger partial charge in [0.2, 0.25) is 0 Å². The second-order valence-electron chi connectivity index (χ2n) is 4.47.